The van der Waals surface area contributed by atoms with Gasteiger partial charge >= 0.3 is 0 Å². The zero-order valence-electron chi connectivity index (χ0n) is 8.84. The van der Waals surface area contributed by atoms with Gasteiger partial charge in [0.05, 0.1) is 0 Å². The molecular formula is C12H17NO. The molecule has 0 aliphatic rings. The van der Waals surface area contributed by atoms with Crippen molar-refractivity contribution in [2.24, 2.45) is 0 Å². The molecule has 1 N–H and O–H groups in total. The highest BCUT2D eigenvalue weighted by atomic mass is 16.1. The van der Waals surface area contributed by atoms with Crippen molar-refractivity contribution in [3.05, 3.63) is 48.6 Å². The van der Waals surface area contributed by atoms with Gasteiger partial charge in [0, 0.05) is 12.1 Å². The van der Waals surface area contributed by atoms with Gasteiger partial charge < -0.3 is 5.32 Å². The first-order valence-corrected chi connectivity index (χ1v) is 4.52. The summed E-state index contributed by atoms with van der Waals surface area (Å²) in [6.07, 6.45) is 7.20. The van der Waals surface area contributed by atoms with E-state index in [1.165, 1.54) is 0 Å². The Morgan fingerprint density at radius 2 is 1.79 bits per heavy atom. The van der Waals surface area contributed by atoms with Gasteiger partial charge in [0.25, 0.3) is 5.91 Å². The first-order valence-electron chi connectivity index (χ1n) is 4.52. The van der Waals surface area contributed by atoms with E-state index in [1.807, 2.05) is 26.0 Å². The molecule has 0 spiro atoms. The van der Waals surface area contributed by atoms with Crippen molar-refractivity contribution in [3.8, 4) is 0 Å². The molecule has 0 aromatic carbocycles. The Hall–Kier alpha value is -1.57. The minimum Gasteiger partial charge on any atom is -0.348 e. The Labute approximate surface area is 85.7 Å². The normalized spacial score (nSPS) is 10.7. The quantitative estimate of drug-likeness (QED) is 0.524. The van der Waals surface area contributed by atoms with Crippen LogP contribution in [0, 0.1) is 0 Å². The molecule has 1 amide bonds. The van der Waals surface area contributed by atoms with Crippen LogP contribution in [0.25, 0.3) is 0 Å². The maximum atomic E-state index is 11.3. The van der Waals surface area contributed by atoms with Crippen LogP contribution in [-0.2, 0) is 4.79 Å². The van der Waals surface area contributed by atoms with Gasteiger partial charge in [-0.1, -0.05) is 37.5 Å². The van der Waals surface area contributed by atoms with E-state index in [0.717, 1.165) is 5.57 Å². The van der Waals surface area contributed by atoms with Gasteiger partial charge in [0.1, 0.15) is 0 Å². The first-order chi connectivity index (χ1) is 6.61. The van der Waals surface area contributed by atoms with Crippen LogP contribution in [0.2, 0.25) is 0 Å². The summed E-state index contributed by atoms with van der Waals surface area (Å²) in [5.41, 5.74) is 1.33. The molecule has 0 radical (unpaired) electrons. The first kappa shape index (κ1) is 12.4. The van der Waals surface area contributed by atoms with Crippen molar-refractivity contribution < 1.29 is 4.79 Å². The van der Waals surface area contributed by atoms with Gasteiger partial charge in [0.2, 0.25) is 0 Å². The van der Waals surface area contributed by atoms with Crippen molar-refractivity contribution in [2.45, 2.75) is 13.8 Å². The SMILES string of the molecule is C=C(/C=C\C)CNC(=O)C(=C)/C=C\C. The minimum absolute atomic E-state index is 0.159. The summed E-state index contributed by atoms with van der Waals surface area (Å²) < 4.78 is 0. The highest BCUT2D eigenvalue weighted by molar-refractivity contribution is 5.95. The highest BCUT2D eigenvalue weighted by Gasteiger charge is 2.01. The molecule has 76 valence electrons. The third kappa shape index (κ3) is 5.14. The smallest absolute Gasteiger partial charge is 0.250 e. The summed E-state index contributed by atoms with van der Waals surface area (Å²) in [5, 5.41) is 2.71. The Morgan fingerprint density at radius 3 is 2.29 bits per heavy atom. The number of nitrogens with one attached hydrogen (secondary N) is 1. The number of allylic oxidation sites excluding steroid dienone is 2. The monoisotopic (exact) mass is 191 g/mol. The van der Waals surface area contributed by atoms with Crippen molar-refractivity contribution in [3.63, 3.8) is 0 Å². The molecule has 0 unspecified atom stereocenters. The summed E-state index contributed by atoms with van der Waals surface area (Å²) in [6, 6.07) is 0. The zero-order valence-corrected chi connectivity index (χ0v) is 8.84. The Kier molecular flexibility index (Phi) is 6.12. The molecule has 2 heteroatoms. The van der Waals surface area contributed by atoms with Crippen LogP contribution in [0.3, 0.4) is 0 Å². The lowest BCUT2D eigenvalue weighted by Crippen LogP contribution is -2.25. The number of amides is 1. The van der Waals surface area contributed by atoms with Gasteiger partial charge in [-0.15, -0.1) is 0 Å². The second-order valence-corrected chi connectivity index (χ2v) is 2.87. The fourth-order valence-corrected chi connectivity index (χ4v) is 0.879. The maximum absolute atomic E-state index is 11.3. The summed E-state index contributed by atoms with van der Waals surface area (Å²) in [5.74, 6) is -0.159. The van der Waals surface area contributed by atoms with Crippen molar-refractivity contribution in [1.29, 1.82) is 0 Å². The fourth-order valence-electron chi connectivity index (χ4n) is 0.879. The second-order valence-electron chi connectivity index (χ2n) is 2.87. The molecule has 0 bridgehead atoms. The third-order valence-electron chi connectivity index (χ3n) is 1.54. The van der Waals surface area contributed by atoms with E-state index < -0.39 is 0 Å². The highest BCUT2D eigenvalue weighted by Crippen LogP contribution is 1.95. The Bertz CT molecular complexity index is 285. The average Bonchev–Trinajstić information content (AvgIpc) is 2.15. The lowest BCUT2D eigenvalue weighted by atomic mass is 10.2. The molecule has 0 aliphatic heterocycles. The van der Waals surface area contributed by atoms with Crippen LogP contribution in [-0.4, -0.2) is 12.5 Å². The van der Waals surface area contributed by atoms with Gasteiger partial charge in [0.15, 0.2) is 0 Å². The molecule has 0 fully saturated rings. The van der Waals surface area contributed by atoms with Crippen LogP contribution >= 0.6 is 0 Å². The van der Waals surface area contributed by atoms with Crippen LogP contribution in [0.1, 0.15) is 13.8 Å². The summed E-state index contributed by atoms with van der Waals surface area (Å²) >= 11 is 0. The summed E-state index contributed by atoms with van der Waals surface area (Å²) in [4.78, 5) is 11.3. The molecule has 0 aromatic rings. The standard InChI is InChI=1S/C12H17NO/c1-5-7-10(3)9-13-12(14)11(4)8-6-2/h5-8H,3-4,9H2,1-2H3,(H,13,14)/b7-5-,8-6-. The van der Waals surface area contributed by atoms with E-state index >= 15 is 0 Å². The molecular weight excluding hydrogens is 174 g/mol. The van der Waals surface area contributed by atoms with E-state index in [0.29, 0.717) is 12.1 Å². The molecule has 0 aliphatic carbocycles. The number of hydrogen-bond donors (Lipinski definition) is 1. The second kappa shape index (κ2) is 6.89. The molecule has 0 rings (SSSR count). The Balaban J connectivity index is 3.97. The predicted octanol–water partition coefficient (Wildman–Crippen LogP) is 2.37. The fraction of sp³-hybridized carbons (Fsp3) is 0.250. The summed E-state index contributed by atoms with van der Waals surface area (Å²) in [6.45, 7) is 11.6. The maximum Gasteiger partial charge on any atom is 0.250 e. The van der Waals surface area contributed by atoms with Crippen molar-refractivity contribution in [2.75, 3.05) is 6.54 Å². The van der Waals surface area contributed by atoms with Gasteiger partial charge in [-0.25, -0.2) is 0 Å². The van der Waals surface area contributed by atoms with Gasteiger partial charge in [-0.2, -0.15) is 0 Å². The number of carbonyl (C=O) groups excluding carboxylic acids is 1. The molecule has 0 saturated heterocycles. The largest absolute Gasteiger partial charge is 0.348 e. The van der Waals surface area contributed by atoms with E-state index in [1.54, 1.807) is 12.2 Å². The van der Waals surface area contributed by atoms with Gasteiger partial charge in [-0.3, -0.25) is 4.79 Å². The topological polar surface area (TPSA) is 29.1 Å². The third-order valence-corrected chi connectivity index (χ3v) is 1.54. The molecule has 0 heterocycles. The lowest BCUT2D eigenvalue weighted by Gasteiger charge is -2.04. The van der Waals surface area contributed by atoms with E-state index in [-0.39, 0.29) is 5.91 Å². The van der Waals surface area contributed by atoms with Gasteiger partial charge in [-0.05, 0) is 19.4 Å². The number of carbonyl (C=O) groups is 1. The van der Waals surface area contributed by atoms with Crippen LogP contribution in [0.15, 0.2) is 48.6 Å². The molecule has 2 nitrogen and oxygen atoms in total. The van der Waals surface area contributed by atoms with E-state index in [2.05, 4.69) is 18.5 Å². The molecule has 0 atom stereocenters. The number of hydrogen-bond acceptors (Lipinski definition) is 1. The zero-order chi connectivity index (χ0) is 11.0. The number of rotatable bonds is 5. The van der Waals surface area contributed by atoms with Crippen molar-refractivity contribution >= 4 is 5.91 Å². The minimum atomic E-state index is -0.159. The van der Waals surface area contributed by atoms with Crippen molar-refractivity contribution in [1.82, 2.24) is 5.32 Å². The molecule has 14 heavy (non-hydrogen) atoms. The average molecular weight is 191 g/mol. The lowest BCUT2D eigenvalue weighted by molar-refractivity contribution is -0.117. The van der Waals surface area contributed by atoms with Crippen LogP contribution < -0.4 is 5.32 Å². The van der Waals surface area contributed by atoms with Crippen LogP contribution in [0.5, 0.6) is 0 Å². The molecule has 0 aromatic heterocycles. The molecule has 0 saturated carbocycles. The van der Waals surface area contributed by atoms with E-state index in [4.69, 9.17) is 0 Å². The van der Waals surface area contributed by atoms with Crippen LogP contribution in [0.4, 0.5) is 0 Å². The predicted molar refractivity (Wildman–Crippen MR) is 60.9 cm³/mol. The summed E-state index contributed by atoms with van der Waals surface area (Å²) in [7, 11) is 0. The van der Waals surface area contributed by atoms with E-state index in [9.17, 15) is 4.79 Å². The Morgan fingerprint density at radius 1 is 1.21 bits per heavy atom.